The number of hydrogen-bond acceptors (Lipinski definition) is 4. The van der Waals surface area contributed by atoms with Crippen molar-refractivity contribution >= 4 is 35.6 Å². The van der Waals surface area contributed by atoms with Crippen molar-refractivity contribution in [2.24, 2.45) is 4.99 Å². The first kappa shape index (κ1) is 22.4. The van der Waals surface area contributed by atoms with Gasteiger partial charge in [-0.25, -0.2) is 4.99 Å². The summed E-state index contributed by atoms with van der Waals surface area (Å²) in [6.45, 7) is 3.62. The van der Waals surface area contributed by atoms with Gasteiger partial charge in [0.25, 0.3) is 5.69 Å². The van der Waals surface area contributed by atoms with Crippen LogP contribution < -0.4 is 10.6 Å². The zero-order valence-corrected chi connectivity index (χ0v) is 18.3. The van der Waals surface area contributed by atoms with Crippen molar-refractivity contribution in [3.8, 4) is 0 Å². The van der Waals surface area contributed by atoms with E-state index in [0.717, 1.165) is 11.3 Å². The average molecular weight is 506 g/mol. The van der Waals surface area contributed by atoms with Crippen LogP contribution >= 0.6 is 24.0 Å². The third kappa shape index (κ3) is 6.90. The standard InChI is InChI=1S/C21H22N4O3.HI/c1-16-5-2-3-6-18(16)14-23-21(24-15-20-7-4-12-28-20)22-13-17-8-10-19(11-9-17)25(26)27;/h2-12H,13-15H2,1H3,(H2,22,23,24);1H. The Morgan fingerprint density at radius 2 is 1.76 bits per heavy atom. The molecule has 152 valence electrons. The second-order valence-corrected chi connectivity index (χ2v) is 6.30. The van der Waals surface area contributed by atoms with Gasteiger partial charge in [0.1, 0.15) is 5.76 Å². The maximum Gasteiger partial charge on any atom is 0.269 e. The molecule has 0 aliphatic rings. The number of aliphatic imine (C=N–C) groups is 1. The van der Waals surface area contributed by atoms with Crippen LogP contribution in [0.1, 0.15) is 22.5 Å². The van der Waals surface area contributed by atoms with Gasteiger partial charge in [0.05, 0.1) is 24.3 Å². The Bertz CT molecular complexity index is 941. The van der Waals surface area contributed by atoms with E-state index in [4.69, 9.17) is 4.42 Å². The van der Waals surface area contributed by atoms with Crippen molar-refractivity contribution in [3.05, 3.63) is 99.5 Å². The van der Waals surface area contributed by atoms with Crippen LogP contribution in [0.4, 0.5) is 5.69 Å². The highest BCUT2D eigenvalue weighted by atomic mass is 127. The number of aryl methyl sites for hydroxylation is 1. The molecular formula is C21H23IN4O3. The van der Waals surface area contributed by atoms with Gasteiger partial charge in [0.15, 0.2) is 5.96 Å². The van der Waals surface area contributed by atoms with Crippen molar-refractivity contribution < 1.29 is 9.34 Å². The van der Waals surface area contributed by atoms with Gasteiger partial charge in [-0.1, -0.05) is 36.4 Å². The lowest BCUT2D eigenvalue weighted by Crippen LogP contribution is -2.36. The van der Waals surface area contributed by atoms with Gasteiger partial charge < -0.3 is 15.1 Å². The van der Waals surface area contributed by atoms with E-state index < -0.39 is 4.92 Å². The lowest BCUT2D eigenvalue weighted by molar-refractivity contribution is -0.384. The first-order chi connectivity index (χ1) is 13.6. The number of rotatable bonds is 7. The van der Waals surface area contributed by atoms with E-state index in [2.05, 4.69) is 34.7 Å². The normalized spacial score (nSPS) is 10.9. The summed E-state index contributed by atoms with van der Waals surface area (Å²) in [6.07, 6.45) is 1.63. The van der Waals surface area contributed by atoms with Crippen LogP contribution in [0.3, 0.4) is 0 Å². The van der Waals surface area contributed by atoms with Crippen molar-refractivity contribution in [2.75, 3.05) is 0 Å². The van der Waals surface area contributed by atoms with E-state index in [1.807, 2.05) is 24.3 Å². The molecule has 3 rings (SSSR count). The Morgan fingerprint density at radius 1 is 1.03 bits per heavy atom. The number of nitro benzene ring substituents is 1. The largest absolute Gasteiger partial charge is 0.467 e. The second-order valence-electron chi connectivity index (χ2n) is 6.30. The number of guanidine groups is 1. The third-order valence-electron chi connectivity index (χ3n) is 4.28. The molecule has 0 unspecified atom stereocenters. The molecule has 0 spiro atoms. The van der Waals surface area contributed by atoms with Gasteiger partial charge >= 0.3 is 0 Å². The minimum absolute atomic E-state index is 0. The molecule has 0 atom stereocenters. The van der Waals surface area contributed by atoms with Gasteiger partial charge in [-0.15, -0.1) is 24.0 Å². The number of non-ortho nitro benzene ring substituents is 1. The number of benzene rings is 2. The highest BCUT2D eigenvalue weighted by Gasteiger charge is 2.05. The van der Waals surface area contributed by atoms with Crippen molar-refractivity contribution in [1.29, 1.82) is 0 Å². The highest BCUT2D eigenvalue weighted by molar-refractivity contribution is 14.0. The molecule has 0 saturated heterocycles. The summed E-state index contributed by atoms with van der Waals surface area (Å²) >= 11 is 0. The quantitative estimate of drug-likeness (QED) is 0.161. The van der Waals surface area contributed by atoms with E-state index in [1.165, 1.54) is 23.3 Å². The van der Waals surface area contributed by atoms with Gasteiger partial charge in [-0.3, -0.25) is 10.1 Å². The van der Waals surface area contributed by atoms with Crippen LogP contribution in [0.15, 0.2) is 76.3 Å². The predicted molar refractivity (Wildman–Crippen MR) is 123 cm³/mol. The molecule has 3 aromatic rings. The molecule has 8 heteroatoms. The van der Waals surface area contributed by atoms with E-state index in [-0.39, 0.29) is 29.7 Å². The Kier molecular flexibility index (Phi) is 8.66. The minimum Gasteiger partial charge on any atom is -0.467 e. The topological polar surface area (TPSA) is 92.7 Å². The number of furan rings is 1. The van der Waals surface area contributed by atoms with Crippen LogP contribution in [-0.4, -0.2) is 10.9 Å². The summed E-state index contributed by atoms with van der Waals surface area (Å²) in [5.74, 6) is 1.44. The van der Waals surface area contributed by atoms with Crippen LogP contribution in [0.5, 0.6) is 0 Å². The SMILES string of the molecule is Cc1ccccc1CNC(=NCc1ccc([N+](=O)[O-])cc1)NCc1ccco1.I. The molecule has 1 aromatic heterocycles. The van der Waals surface area contributed by atoms with Crippen LogP contribution in [0.2, 0.25) is 0 Å². The molecule has 0 aliphatic heterocycles. The average Bonchev–Trinajstić information content (AvgIpc) is 3.22. The first-order valence-electron chi connectivity index (χ1n) is 8.94. The van der Waals surface area contributed by atoms with E-state index >= 15 is 0 Å². The van der Waals surface area contributed by atoms with Crippen LogP contribution in [0.25, 0.3) is 0 Å². The smallest absolute Gasteiger partial charge is 0.269 e. The third-order valence-corrected chi connectivity index (χ3v) is 4.28. The predicted octanol–water partition coefficient (Wildman–Crippen LogP) is 4.55. The Morgan fingerprint density at radius 3 is 2.41 bits per heavy atom. The molecule has 0 fully saturated rings. The summed E-state index contributed by atoms with van der Waals surface area (Å²) in [4.78, 5) is 15.0. The van der Waals surface area contributed by atoms with Crippen LogP contribution in [-0.2, 0) is 19.6 Å². The number of nitrogens with one attached hydrogen (secondary N) is 2. The van der Waals surface area contributed by atoms with E-state index in [9.17, 15) is 10.1 Å². The molecule has 0 saturated carbocycles. The van der Waals surface area contributed by atoms with Crippen molar-refractivity contribution in [3.63, 3.8) is 0 Å². The second kappa shape index (κ2) is 11.2. The molecule has 0 aliphatic carbocycles. The monoisotopic (exact) mass is 506 g/mol. The molecule has 2 aromatic carbocycles. The number of nitro groups is 1. The van der Waals surface area contributed by atoms with Gasteiger partial charge in [0.2, 0.25) is 0 Å². The van der Waals surface area contributed by atoms with E-state index in [0.29, 0.717) is 25.6 Å². The maximum atomic E-state index is 10.8. The molecule has 2 N–H and O–H groups in total. The number of nitrogens with zero attached hydrogens (tertiary/aromatic N) is 2. The minimum atomic E-state index is -0.410. The lowest BCUT2D eigenvalue weighted by atomic mass is 10.1. The highest BCUT2D eigenvalue weighted by Crippen LogP contribution is 2.12. The Labute approximate surface area is 186 Å². The van der Waals surface area contributed by atoms with Crippen molar-refractivity contribution in [1.82, 2.24) is 10.6 Å². The summed E-state index contributed by atoms with van der Waals surface area (Å²) in [6, 6.07) is 18.3. The van der Waals surface area contributed by atoms with Gasteiger partial charge in [-0.05, 0) is 35.7 Å². The number of hydrogen-bond donors (Lipinski definition) is 2. The summed E-state index contributed by atoms with van der Waals surface area (Å²) < 4.78 is 5.36. The molecule has 0 amide bonds. The van der Waals surface area contributed by atoms with Crippen LogP contribution in [0, 0.1) is 17.0 Å². The summed E-state index contributed by atoms with van der Waals surface area (Å²) in [7, 11) is 0. The molecule has 1 heterocycles. The molecule has 0 bridgehead atoms. The number of halogens is 1. The Hall–Kier alpha value is -2.88. The van der Waals surface area contributed by atoms with Crippen molar-refractivity contribution in [2.45, 2.75) is 26.6 Å². The fourth-order valence-corrected chi connectivity index (χ4v) is 2.64. The van der Waals surface area contributed by atoms with Gasteiger partial charge in [0, 0.05) is 18.7 Å². The summed E-state index contributed by atoms with van der Waals surface area (Å²) in [5, 5.41) is 17.3. The zero-order valence-electron chi connectivity index (χ0n) is 16.0. The molecule has 29 heavy (non-hydrogen) atoms. The molecule has 7 nitrogen and oxygen atoms in total. The zero-order chi connectivity index (χ0) is 19.8. The maximum absolute atomic E-state index is 10.8. The molecular weight excluding hydrogens is 483 g/mol. The van der Waals surface area contributed by atoms with E-state index in [1.54, 1.807) is 18.4 Å². The Balaban J connectivity index is 0.00000300. The first-order valence-corrected chi connectivity index (χ1v) is 8.94. The fourth-order valence-electron chi connectivity index (χ4n) is 2.64. The van der Waals surface area contributed by atoms with Gasteiger partial charge in [-0.2, -0.15) is 0 Å². The lowest BCUT2D eigenvalue weighted by Gasteiger charge is -2.13. The summed E-state index contributed by atoms with van der Waals surface area (Å²) in [5.41, 5.74) is 3.35. The molecule has 0 radical (unpaired) electrons. The fraction of sp³-hybridized carbons (Fsp3) is 0.190.